The van der Waals surface area contributed by atoms with Crippen LogP contribution < -0.4 is 10.6 Å². The number of nitrogens with zero attached hydrogens (tertiary/aromatic N) is 1. The number of hydrogen-bond acceptors (Lipinski definition) is 3. The molecule has 1 rings (SSSR count). The maximum atomic E-state index is 13.6. The zero-order valence-electron chi connectivity index (χ0n) is 12.3. The van der Waals surface area contributed by atoms with Gasteiger partial charge in [0.25, 0.3) is 5.91 Å². The van der Waals surface area contributed by atoms with Crippen LogP contribution in [0.15, 0.2) is 18.2 Å². The van der Waals surface area contributed by atoms with Crippen LogP contribution in [0.5, 0.6) is 0 Å². The van der Waals surface area contributed by atoms with Crippen molar-refractivity contribution in [3.05, 3.63) is 35.4 Å². The Bertz CT molecular complexity index is 577. The number of hydrogen-bond donors (Lipinski definition) is 2. The molecular weight excluding hydrogens is 292 g/mol. The average Bonchev–Trinajstić information content (AvgIpc) is 2.43. The highest BCUT2D eigenvalue weighted by molar-refractivity contribution is 5.98. The van der Waals surface area contributed by atoms with Gasteiger partial charge in [0.05, 0.1) is 6.07 Å². The van der Waals surface area contributed by atoms with Gasteiger partial charge in [-0.25, -0.2) is 8.78 Å². The molecule has 0 radical (unpaired) electrons. The molecule has 0 bridgehead atoms. The Balaban J connectivity index is 2.91. The Hall–Kier alpha value is -2.49. The van der Waals surface area contributed by atoms with E-state index in [0.717, 1.165) is 18.2 Å². The first-order chi connectivity index (χ1) is 10.4. The molecule has 22 heavy (non-hydrogen) atoms. The van der Waals surface area contributed by atoms with Crippen molar-refractivity contribution in [1.29, 1.82) is 5.26 Å². The van der Waals surface area contributed by atoms with Crippen LogP contribution in [0.2, 0.25) is 0 Å². The van der Waals surface area contributed by atoms with E-state index < -0.39 is 35.1 Å². The van der Waals surface area contributed by atoms with E-state index in [0.29, 0.717) is 0 Å². The van der Waals surface area contributed by atoms with Crippen molar-refractivity contribution >= 4 is 11.8 Å². The first-order valence-electron chi connectivity index (χ1n) is 6.76. The van der Waals surface area contributed by atoms with Crippen molar-refractivity contribution in [2.24, 2.45) is 5.92 Å². The van der Waals surface area contributed by atoms with Gasteiger partial charge in [0.1, 0.15) is 29.8 Å². The minimum Gasteiger partial charge on any atom is -0.341 e. The van der Waals surface area contributed by atoms with Crippen molar-refractivity contribution in [2.75, 3.05) is 6.54 Å². The van der Waals surface area contributed by atoms with Gasteiger partial charge in [0.2, 0.25) is 5.91 Å². The molecule has 1 atom stereocenters. The minimum atomic E-state index is -1.01. The van der Waals surface area contributed by atoms with Crippen molar-refractivity contribution in [3.8, 4) is 6.07 Å². The molecule has 0 saturated heterocycles. The standard InChI is InChI=1S/C15H17F2N3O2/c1-9(2)8-12(14(21)19-7-6-18)20-15(22)13-10(16)4-3-5-11(13)17/h3-5,9,12H,7-8H2,1-2H3,(H,19,21)(H,20,22)/t12-/m0/s1. The lowest BCUT2D eigenvalue weighted by atomic mass is 10.0. The molecule has 0 aromatic heterocycles. The highest BCUT2D eigenvalue weighted by atomic mass is 19.1. The van der Waals surface area contributed by atoms with Gasteiger partial charge >= 0.3 is 0 Å². The van der Waals surface area contributed by atoms with E-state index in [1.807, 2.05) is 13.8 Å². The topological polar surface area (TPSA) is 82.0 Å². The highest BCUT2D eigenvalue weighted by Crippen LogP contribution is 2.13. The molecule has 0 aliphatic carbocycles. The third kappa shape index (κ3) is 4.81. The van der Waals surface area contributed by atoms with Gasteiger partial charge in [-0.2, -0.15) is 5.26 Å². The van der Waals surface area contributed by atoms with Crippen molar-refractivity contribution in [3.63, 3.8) is 0 Å². The van der Waals surface area contributed by atoms with Crippen LogP contribution in [0.3, 0.4) is 0 Å². The van der Waals surface area contributed by atoms with Gasteiger partial charge in [-0.15, -0.1) is 0 Å². The molecule has 0 saturated carbocycles. The molecule has 0 fully saturated rings. The summed E-state index contributed by atoms with van der Waals surface area (Å²) in [4.78, 5) is 23.9. The molecule has 5 nitrogen and oxygen atoms in total. The van der Waals surface area contributed by atoms with Gasteiger partial charge in [-0.3, -0.25) is 9.59 Å². The summed E-state index contributed by atoms with van der Waals surface area (Å²) in [5.74, 6) is -3.52. The molecule has 7 heteroatoms. The fourth-order valence-corrected chi connectivity index (χ4v) is 1.90. The van der Waals surface area contributed by atoms with E-state index >= 15 is 0 Å². The zero-order valence-corrected chi connectivity index (χ0v) is 12.3. The summed E-state index contributed by atoms with van der Waals surface area (Å²) >= 11 is 0. The maximum Gasteiger partial charge on any atom is 0.257 e. The van der Waals surface area contributed by atoms with Gasteiger partial charge in [0, 0.05) is 0 Å². The van der Waals surface area contributed by atoms with Crippen LogP contribution in [-0.2, 0) is 4.79 Å². The lowest BCUT2D eigenvalue weighted by Crippen LogP contribution is -2.47. The molecule has 0 spiro atoms. The number of benzene rings is 1. The highest BCUT2D eigenvalue weighted by Gasteiger charge is 2.25. The van der Waals surface area contributed by atoms with Crippen LogP contribution in [0.25, 0.3) is 0 Å². The number of carbonyl (C=O) groups is 2. The summed E-state index contributed by atoms with van der Waals surface area (Å²) in [7, 11) is 0. The Labute approximate surface area is 127 Å². The predicted octanol–water partition coefficient (Wildman–Crippen LogP) is 1.75. The number of carbonyl (C=O) groups excluding carboxylic acids is 2. The second-order valence-electron chi connectivity index (χ2n) is 5.13. The largest absolute Gasteiger partial charge is 0.341 e. The quantitative estimate of drug-likeness (QED) is 0.785. The van der Waals surface area contributed by atoms with Crippen molar-refractivity contribution in [2.45, 2.75) is 26.3 Å². The lowest BCUT2D eigenvalue weighted by Gasteiger charge is -2.19. The fourth-order valence-electron chi connectivity index (χ4n) is 1.90. The molecule has 1 aromatic carbocycles. The molecule has 118 valence electrons. The molecule has 2 N–H and O–H groups in total. The minimum absolute atomic E-state index is 0.0589. The molecule has 0 unspecified atom stereocenters. The van der Waals surface area contributed by atoms with E-state index in [1.165, 1.54) is 0 Å². The number of nitriles is 1. The molecule has 0 heterocycles. The Morgan fingerprint density at radius 2 is 1.86 bits per heavy atom. The second kappa shape index (κ2) is 8.08. The van der Waals surface area contributed by atoms with Gasteiger partial charge in [-0.05, 0) is 24.5 Å². The number of rotatable bonds is 6. The van der Waals surface area contributed by atoms with E-state index in [-0.39, 0.29) is 18.9 Å². The van der Waals surface area contributed by atoms with E-state index in [4.69, 9.17) is 5.26 Å². The summed E-state index contributed by atoms with van der Waals surface area (Å²) in [5, 5.41) is 13.1. The Morgan fingerprint density at radius 1 is 1.27 bits per heavy atom. The summed E-state index contributed by atoms with van der Waals surface area (Å²) in [6.07, 6.45) is 0.277. The summed E-state index contributed by atoms with van der Waals surface area (Å²) in [6, 6.07) is 3.85. The Morgan fingerprint density at radius 3 is 2.36 bits per heavy atom. The summed E-state index contributed by atoms with van der Waals surface area (Å²) in [5.41, 5.74) is -0.732. The maximum absolute atomic E-state index is 13.6. The van der Waals surface area contributed by atoms with E-state index in [9.17, 15) is 18.4 Å². The first kappa shape index (κ1) is 17.6. The normalized spacial score (nSPS) is 11.6. The monoisotopic (exact) mass is 309 g/mol. The average molecular weight is 309 g/mol. The van der Waals surface area contributed by atoms with Crippen LogP contribution in [0, 0.1) is 28.9 Å². The predicted molar refractivity (Wildman–Crippen MR) is 75.7 cm³/mol. The molecule has 0 aliphatic heterocycles. The van der Waals surface area contributed by atoms with Crippen LogP contribution in [-0.4, -0.2) is 24.4 Å². The van der Waals surface area contributed by atoms with Gasteiger partial charge in [0.15, 0.2) is 0 Å². The molecule has 1 aromatic rings. The summed E-state index contributed by atoms with van der Waals surface area (Å²) < 4.78 is 27.1. The zero-order chi connectivity index (χ0) is 16.7. The van der Waals surface area contributed by atoms with Crippen molar-refractivity contribution < 1.29 is 18.4 Å². The van der Waals surface area contributed by atoms with Crippen LogP contribution >= 0.6 is 0 Å². The molecule has 2 amide bonds. The van der Waals surface area contributed by atoms with Gasteiger partial charge < -0.3 is 10.6 Å². The molecular formula is C15H17F2N3O2. The fraction of sp³-hybridized carbons (Fsp3) is 0.400. The number of nitrogens with one attached hydrogen (secondary N) is 2. The molecule has 0 aliphatic rings. The van der Waals surface area contributed by atoms with Crippen LogP contribution in [0.4, 0.5) is 8.78 Å². The van der Waals surface area contributed by atoms with E-state index in [2.05, 4.69) is 10.6 Å². The first-order valence-corrected chi connectivity index (χ1v) is 6.76. The number of amides is 2. The van der Waals surface area contributed by atoms with Crippen molar-refractivity contribution in [1.82, 2.24) is 10.6 Å². The van der Waals surface area contributed by atoms with E-state index in [1.54, 1.807) is 6.07 Å². The second-order valence-corrected chi connectivity index (χ2v) is 5.13. The third-order valence-electron chi connectivity index (χ3n) is 2.86. The number of halogens is 2. The van der Waals surface area contributed by atoms with Gasteiger partial charge in [-0.1, -0.05) is 19.9 Å². The lowest BCUT2D eigenvalue weighted by molar-refractivity contribution is -0.123. The summed E-state index contributed by atoms with van der Waals surface area (Å²) in [6.45, 7) is 3.46. The van der Waals surface area contributed by atoms with Crippen LogP contribution in [0.1, 0.15) is 30.6 Å². The third-order valence-corrected chi connectivity index (χ3v) is 2.86. The smallest absolute Gasteiger partial charge is 0.257 e. The SMILES string of the molecule is CC(C)C[C@H](NC(=O)c1c(F)cccc1F)C(=O)NCC#N. The Kier molecular flexibility index (Phi) is 6.45.